The van der Waals surface area contributed by atoms with E-state index >= 15 is 0 Å². The van der Waals surface area contributed by atoms with E-state index < -0.39 is 0 Å². The van der Waals surface area contributed by atoms with Crippen molar-refractivity contribution in [1.82, 2.24) is 15.0 Å². The zero-order chi connectivity index (χ0) is 25.4. The quantitative estimate of drug-likeness (QED) is 0.297. The van der Waals surface area contributed by atoms with Gasteiger partial charge in [0.25, 0.3) is 0 Å². The van der Waals surface area contributed by atoms with E-state index in [1.807, 2.05) is 13.0 Å². The third kappa shape index (κ3) is 5.12. The van der Waals surface area contributed by atoms with Crippen LogP contribution in [0.5, 0.6) is 0 Å². The van der Waals surface area contributed by atoms with Crippen molar-refractivity contribution >= 4 is 34.9 Å². The van der Waals surface area contributed by atoms with E-state index in [2.05, 4.69) is 74.6 Å². The summed E-state index contributed by atoms with van der Waals surface area (Å²) in [5, 5.41) is 3.57. The molecule has 188 valence electrons. The van der Waals surface area contributed by atoms with Crippen molar-refractivity contribution in [2.75, 3.05) is 36.5 Å². The molecule has 0 spiro atoms. The number of nitrogens with one attached hydrogen (secondary N) is 2. The highest BCUT2D eigenvalue weighted by molar-refractivity contribution is 8.05. The van der Waals surface area contributed by atoms with Crippen LogP contribution in [0.2, 0.25) is 0 Å². The van der Waals surface area contributed by atoms with E-state index in [-0.39, 0.29) is 11.6 Å². The number of hydrogen-bond acceptors (Lipinski definition) is 8. The van der Waals surface area contributed by atoms with Gasteiger partial charge in [-0.1, -0.05) is 35.7 Å². The predicted molar refractivity (Wildman–Crippen MR) is 149 cm³/mol. The summed E-state index contributed by atoms with van der Waals surface area (Å²) in [5.74, 6) is 0. The number of rotatable bonds is 5. The Labute approximate surface area is 224 Å². The molecule has 0 saturated carbocycles. The first-order valence-corrected chi connectivity index (χ1v) is 13.9. The highest BCUT2D eigenvalue weighted by atomic mass is 32.2. The lowest BCUT2D eigenvalue weighted by molar-refractivity contribution is 0.122. The molecule has 1 fully saturated rings. The van der Waals surface area contributed by atoms with Gasteiger partial charge >= 0.3 is 0 Å². The van der Waals surface area contributed by atoms with Crippen molar-refractivity contribution in [2.45, 2.75) is 39.5 Å². The molecule has 0 bridgehead atoms. The Morgan fingerprint density at radius 2 is 1.86 bits per heavy atom. The fourth-order valence-corrected chi connectivity index (χ4v) is 7.03. The topological polar surface area (TPSA) is 83.1 Å². The molecular formula is C28H27N5O2S2. The number of fused-ring (bicyclic) bond motifs is 2. The highest BCUT2D eigenvalue weighted by Crippen LogP contribution is 2.52. The lowest BCUT2D eigenvalue weighted by atomic mass is 10.1. The average molecular weight is 530 g/mol. The molecule has 0 amide bonds. The van der Waals surface area contributed by atoms with Crippen LogP contribution < -0.4 is 15.8 Å². The standard InChI is InChI=1S/C28H27N5O2S2/c1-17-12-22(30-16-29-17)18(2)31-19-6-7-24-26(13-19)36-25-5-3-4-21(28(25)37-24)23-14-20(15-27(34)32-23)33-8-10-35-11-9-33/h3-7,12-16,18,31H,8-11H2,1-2H3,(H,32,34). The molecule has 1 atom stereocenters. The van der Waals surface area contributed by atoms with Gasteiger partial charge in [-0.25, -0.2) is 9.97 Å². The second-order valence-electron chi connectivity index (χ2n) is 9.16. The number of H-pyrrole nitrogens is 1. The predicted octanol–water partition coefficient (Wildman–Crippen LogP) is 5.77. The Morgan fingerprint density at radius 3 is 2.70 bits per heavy atom. The van der Waals surface area contributed by atoms with Gasteiger partial charge in [0, 0.05) is 61.4 Å². The van der Waals surface area contributed by atoms with Crippen molar-refractivity contribution in [1.29, 1.82) is 0 Å². The SMILES string of the molecule is Cc1cc(C(C)Nc2ccc3c(c2)Sc2cccc(-c4cc(N5CCOCC5)cc(=O)[nH]4)c2S3)ncn1. The van der Waals surface area contributed by atoms with Crippen LogP contribution in [0.4, 0.5) is 11.4 Å². The number of aromatic amines is 1. The van der Waals surface area contributed by atoms with E-state index in [1.165, 1.54) is 19.6 Å². The fraction of sp³-hybridized carbons (Fsp3) is 0.250. The summed E-state index contributed by atoms with van der Waals surface area (Å²) in [5.41, 5.74) is 5.72. The van der Waals surface area contributed by atoms with E-state index in [9.17, 15) is 4.79 Å². The first-order valence-electron chi connectivity index (χ1n) is 12.3. The van der Waals surface area contributed by atoms with E-state index in [0.29, 0.717) is 13.2 Å². The molecule has 4 aromatic rings. The third-order valence-corrected chi connectivity index (χ3v) is 9.10. The Kier molecular flexibility index (Phi) is 6.67. The van der Waals surface area contributed by atoms with Crippen LogP contribution in [-0.4, -0.2) is 41.3 Å². The summed E-state index contributed by atoms with van der Waals surface area (Å²) in [6.45, 7) is 7.03. The monoisotopic (exact) mass is 529 g/mol. The van der Waals surface area contributed by atoms with Gasteiger partial charge in [0.1, 0.15) is 6.33 Å². The number of benzene rings is 2. The summed E-state index contributed by atoms with van der Waals surface area (Å²) < 4.78 is 5.49. The minimum atomic E-state index is -0.0887. The van der Waals surface area contributed by atoms with Gasteiger partial charge in [0.05, 0.1) is 30.6 Å². The second-order valence-corrected chi connectivity index (χ2v) is 11.3. The number of aromatic nitrogens is 3. The van der Waals surface area contributed by atoms with Gasteiger partial charge in [0.2, 0.25) is 5.56 Å². The summed E-state index contributed by atoms with van der Waals surface area (Å²) in [6, 6.07) is 18.6. The molecule has 7 nitrogen and oxygen atoms in total. The van der Waals surface area contributed by atoms with Crippen molar-refractivity contribution in [2.24, 2.45) is 0 Å². The number of nitrogens with zero attached hydrogens (tertiary/aromatic N) is 3. The molecule has 0 radical (unpaired) electrons. The second kappa shape index (κ2) is 10.2. The molecule has 2 aliphatic rings. The molecule has 0 aliphatic carbocycles. The Morgan fingerprint density at radius 1 is 1.00 bits per heavy atom. The van der Waals surface area contributed by atoms with Crippen molar-refractivity contribution in [3.8, 4) is 11.3 Å². The molecule has 4 heterocycles. The molecule has 37 heavy (non-hydrogen) atoms. The number of anilines is 2. The molecule has 1 unspecified atom stereocenters. The molecule has 2 aromatic carbocycles. The average Bonchev–Trinajstić information content (AvgIpc) is 2.91. The zero-order valence-electron chi connectivity index (χ0n) is 20.7. The van der Waals surface area contributed by atoms with Crippen molar-refractivity contribution < 1.29 is 4.74 Å². The summed E-state index contributed by atoms with van der Waals surface area (Å²) in [7, 11) is 0. The van der Waals surface area contributed by atoms with Crippen LogP contribution >= 0.6 is 23.5 Å². The number of hydrogen-bond donors (Lipinski definition) is 2. The molecule has 2 aliphatic heterocycles. The van der Waals surface area contributed by atoms with Crippen molar-refractivity contribution in [3.05, 3.63) is 82.7 Å². The first-order chi connectivity index (χ1) is 18.0. The highest BCUT2D eigenvalue weighted by Gasteiger charge is 2.22. The van der Waals surface area contributed by atoms with Gasteiger partial charge in [-0.15, -0.1) is 0 Å². The summed E-state index contributed by atoms with van der Waals surface area (Å²) >= 11 is 3.51. The Hall–Kier alpha value is -3.27. The minimum Gasteiger partial charge on any atom is -0.378 e. The number of pyridine rings is 1. The molecule has 1 saturated heterocycles. The maximum atomic E-state index is 12.6. The lowest BCUT2D eigenvalue weighted by Crippen LogP contribution is -2.36. The number of morpholine rings is 1. The van der Waals surface area contributed by atoms with Crippen molar-refractivity contribution in [3.63, 3.8) is 0 Å². The lowest BCUT2D eigenvalue weighted by Gasteiger charge is -2.29. The van der Waals surface area contributed by atoms with Gasteiger partial charge in [-0.3, -0.25) is 4.79 Å². The third-order valence-electron chi connectivity index (χ3n) is 6.50. The van der Waals surface area contributed by atoms with Gasteiger partial charge in [-0.2, -0.15) is 0 Å². The maximum absolute atomic E-state index is 12.6. The van der Waals surface area contributed by atoms with Crippen LogP contribution in [0, 0.1) is 6.92 Å². The Bertz CT molecular complexity index is 1520. The number of ether oxygens (including phenoxy) is 1. The molecule has 2 aromatic heterocycles. The summed E-state index contributed by atoms with van der Waals surface area (Å²) in [6.07, 6.45) is 1.61. The maximum Gasteiger partial charge on any atom is 0.250 e. The van der Waals surface area contributed by atoms with Gasteiger partial charge in [-0.05, 0) is 50.2 Å². The van der Waals surface area contributed by atoms with Crippen LogP contribution in [0.3, 0.4) is 0 Å². The summed E-state index contributed by atoms with van der Waals surface area (Å²) in [4.78, 5) is 31.3. The molecule has 6 rings (SSSR count). The van der Waals surface area contributed by atoms with Crippen LogP contribution in [0.25, 0.3) is 11.3 Å². The normalized spacial score (nSPS) is 15.6. The first kappa shape index (κ1) is 24.1. The zero-order valence-corrected chi connectivity index (χ0v) is 22.3. The van der Waals surface area contributed by atoms with Crippen LogP contribution in [0.1, 0.15) is 24.4 Å². The van der Waals surface area contributed by atoms with Gasteiger partial charge in [0.15, 0.2) is 0 Å². The van der Waals surface area contributed by atoms with Gasteiger partial charge < -0.3 is 19.9 Å². The fourth-order valence-electron chi connectivity index (χ4n) is 4.62. The Balaban J connectivity index is 1.27. The van der Waals surface area contributed by atoms with Crippen LogP contribution in [0.15, 0.2) is 85.3 Å². The minimum absolute atomic E-state index is 0.0652. The van der Waals surface area contributed by atoms with Crippen LogP contribution in [-0.2, 0) is 4.74 Å². The molecule has 9 heteroatoms. The molecule has 2 N–H and O–H groups in total. The largest absolute Gasteiger partial charge is 0.378 e. The van der Waals surface area contributed by atoms with E-state index in [1.54, 1.807) is 35.9 Å². The smallest absolute Gasteiger partial charge is 0.250 e. The number of aryl methyl sites for hydroxylation is 1. The van der Waals surface area contributed by atoms with E-state index in [4.69, 9.17) is 4.74 Å². The van der Waals surface area contributed by atoms with E-state index in [0.717, 1.165) is 47.1 Å². The molecular weight excluding hydrogens is 502 g/mol.